The van der Waals surface area contributed by atoms with E-state index in [1.54, 1.807) is 30.3 Å². The zero-order valence-corrected chi connectivity index (χ0v) is 6.27. The van der Waals surface area contributed by atoms with Crippen molar-refractivity contribution < 1.29 is 4.79 Å². The van der Waals surface area contributed by atoms with E-state index >= 15 is 0 Å². The Balaban J connectivity index is 2.85. The Morgan fingerprint density at radius 3 is 2.50 bits per heavy atom. The second-order valence-corrected chi connectivity index (χ2v) is 2.10. The maximum absolute atomic E-state index is 10.8. The number of nitrogens with one attached hydrogen (secondary N) is 1. The Kier molecular flexibility index (Phi) is 2.49. The molecule has 0 radical (unpaired) electrons. The molecule has 0 heterocycles. The van der Waals surface area contributed by atoms with E-state index in [-0.39, 0.29) is 0 Å². The molecule has 62 valence electrons. The monoisotopic (exact) mass is 164 g/mol. The van der Waals surface area contributed by atoms with E-state index in [1.165, 1.54) is 0 Å². The molecule has 0 atom stereocenters. The number of carbonyl (C=O) groups excluding carboxylic acids is 1. The lowest BCUT2D eigenvalue weighted by molar-refractivity contribution is 0.252. The van der Waals surface area contributed by atoms with Crippen molar-refractivity contribution in [3.05, 3.63) is 30.3 Å². The first kappa shape index (κ1) is 8.35. The highest BCUT2D eigenvalue weighted by molar-refractivity contribution is 5.90. The molecule has 0 aliphatic rings. The fourth-order valence-corrected chi connectivity index (χ4v) is 0.753. The van der Waals surface area contributed by atoms with Crippen LogP contribution in [-0.2, 0) is 0 Å². The molecule has 0 aliphatic heterocycles. The first-order chi connectivity index (χ1) is 5.75. The zero-order valence-electron chi connectivity index (χ0n) is 6.27. The Bertz CT molecular complexity index is 285. The lowest BCUT2D eigenvalue weighted by Crippen LogP contribution is -2.34. The van der Waals surface area contributed by atoms with Gasteiger partial charge in [-0.25, -0.2) is 15.6 Å². The number of hydrazine groups is 1. The molecule has 12 heavy (non-hydrogen) atoms. The van der Waals surface area contributed by atoms with Crippen LogP contribution in [0.25, 0.3) is 0 Å². The number of carbonyl (C=O) groups is 1. The zero-order chi connectivity index (χ0) is 8.97. The SMILES string of the molecule is N=NC(=O)N(N)c1ccccc1. The molecule has 1 aromatic rings. The summed E-state index contributed by atoms with van der Waals surface area (Å²) in [6, 6.07) is 7.81. The number of urea groups is 1. The summed E-state index contributed by atoms with van der Waals surface area (Å²) in [5, 5.41) is 3.49. The van der Waals surface area contributed by atoms with Crippen molar-refractivity contribution in [3.8, 4) is 0 Å². The molecule has 3 N–H and O–H groups in total. The van der Waals surface area contributed by atoms with Gasteiger partial charge in [-0.15, -0.1) is 0 Å². The van der Waals surface area contributed by atoms with Crippen molar-refractivity contribution >= 4 is 11.7 Å². The van der Waals surface area contributed by atoms with E-state index in [2.05, 4.69) is 5.11 Å². The van der Waals surface area contributed by atoms with Crippen LogP contribution in [0.1, 0.15) is 0 Å². The third kappa shape index (κ3) is 1.64. The van der Waals surface area contributed by atoms with E-state index in [0.717, 1.165) is 5.01 Å². The van der Waals surface area contributed by atoms with Crippen LogP contribution in [0.15, 0.2) is 35.4 Å². The summed E-state index contributed by atoms with van der Waals surface area (Å²) in [5.41, 5.74) is 6.95. The number of hydrogen-bond acceptors (Lipinski definition) is 3. The summed E-state index contributed by atoms with van der Waals surface area (Å²) < 4.78 is 0. The molecular formula is C7H8N4O. The molecule has 0 unspecified atom stereocenters. The number of rotatable bonds is 1. The number of amides is 2. The standard InChI is InChI=1S/C7H8N4O/c8-10-7(12)11(9)6-4-2-1-3-5-6/h1-5,8H,9H2. The minimum absolute atomic E-state index is 0.513. The molecule has 0 saturated carbocycles. The molecule has 5 nitrogen and oxygen atoms in total. The van der Waals surface area contributed by atoms with Crippen molar-refractivity contribution in [2.24, 2.45) is 11.0 Å². The molecule has 0 saturated heterocycles. The second kappa shape index (κ2) is 3.59. The summed E-state index contributed by atoms with van der Waals surface area (Å²) in [6.45, 7) is 0. The Hall–Kier alpha value is -1.75. The average Bonchev–Trinajstić information content (AvgIpc) is 2.17. The minimum atomic E-state index is -0.791. The number of nitrogens with zero attached hydrogens (tertiary/aromatic N) is 2. The van der Waals surface area contributed by atoms with Gasteiger partial charge in [-0.3, -0.25) is 0 Å². The van der Waals surface area contributed by atoms with Gasteiger partial charge in [0.1, 0.15) is 0 Å². The van der Waals surface area contributed by atoms with Crippen molar-refractivity contribution in [2.75, 3.05) is 5.01 Å². The maximum Gasteiger partial charge on any atom is 0.380 e. The topological polar surface area (TPSA) is 82.5 Å². The van der Waals surface area contributed by atoms with Crippen LogP contribution in [0.3, 0.4) is 0 Å². The number of para-hydroxylation sites is 1. The van der Waals surface area contributed by atoms with Crippen LogP contribution < -0.4 is 10.9 Å². The van der Waals surface area contributed by atoms with Gasteiger partial charge in [0.25, 0.3) is 0 Å². The van der Waals surface area contributed by atoms with Gasteiger partial charge in [0, 0.05) is 0 Å². The van der Waals surface area contributed by atoms with E-state index in [1.807, 2.05) is 0 Å². The molecular weight excluding hydrogens is 156 g/mol. The smallest absolute Gasteiger partial charge is 0.242 e. The highest BCUT2D eigenvalue weighted by Gasteiger charge is 2.08. The van der Waals surface area contributed by atoms with Crippen molar-refractivity contribution in [3.63, 3.8) is 0 Å². The second-order valence-electron chi connectivity index (χ2n) is 2.10. The molecule has 0 spiro atoms. The van der Waals surface area contributed by atoms with Gasteiger partial charge in [-0.1, -0.05) is 23.3 Å². The lowest BCUT2D eigenvalue weighted by atomic mass is 10.3. The van der Waals surface area contributed by atoms with E-state index in [4.69, 9.17) is 11.4 Å². The van der Waals surface area contributed by atoms with Gasteiger partial charge >= 0.3 is 6.03 Å². The lowest BCUT2D eigenvalue weighted by Gasteiger charge is -2.11. The van der Waals surface area contributed by atoms with Gasteiger partial charge < -0.3 is 0 Å². The fraction of sp³-hybridized carbons (Fsp3) is 0. The van der Waals surface area contributed by atoms with Gasteiger partial charge in [-0.2, -0.15) is 5.53 Å². The highest BCUT2D eigenvalue weighted by Crippen LogP contribution is 2.09. The first-order valence-electron chi connectivity index (χ1n) is 3.27. The fourth-order valence-electron chi connectivity index (χ4n) is 0.753. The Morgan fingerprint density at radius 1 is 1.42 bits per heavy atom. The molecule has 0 aromatic heterocycles. The van der Waals surface area contributed by atoms with Gasteiger partial charge in [0.15, 0.2) is 0 Å². The largest absolute Gasteiger partial charge is 0.380 e. The molecule has 2 amide bonds. The molecule has 5 heteroatoms. The third-order valence-corrected chi connectivity index (χ3v) is 1.34. The minimum Gasteiger partial charge on any atom is -0.242 e. The molecule has 1 aromatic carbocycles. The Labute approximate surface area is 69.3 Å². The van der Waals surface area contributed by atoms with E-state index < -0.39 is 6.03 Å². The summed E-state index contributed by atoms with van der Waals surface area (Å²) in [6.07, 6.45) is 0. The number of nitrogens with two attached hydrogens (primary N) is 1. The predicted molar refractivity (Wildman–Crippen MR) is 43.7 cm³/mol. The number of hydrogen-bond donors (Lipinski definition) is 2. The Morgan fingerprint density at radius 2 is 2.00 bits per heavy atom. The summed E-state index contributed by atoms with van der Waals surface area (Å²) >= 11 is 0. The normalized spacial score (nSPS) is 9.08. The predicted octanol–water partition coefficient (Wildman–Crippen LogP) is 1.52. The van der Waals surface area contributed by atoms with Crippen molar-refractivity contribution in [2.45, 2.75) is 0 Å². The van der Waals surface area contributed by atoms with Crippen molar-refractivity contribution in [1.82, 2.24) is 0 Å². The molecule has 0 fully saturated rings. The molecule has 1 rings (SSSR count). The van der Waals surface area contributed by atoms with Crippen LogP contribution in [0.5, 0.6) is 0 Å². The van der Waals surface area contributed by atoms with Crippen LogP contribution in [0.4, 0.5) is 10.5 Å². The van der Waals surface area contributed by atoms with E-state index in [9.17, 15) is 4.79 Å². The number of benzene rings is 1. The molecule has 0 aliphatic carbocycles. The summed E-state index contributed by atoms with van der Waals surface area (Å²) in [7, 11) is 0. The average molecular weight is 164 g/mol. The number of anilines is 1. The third-order valence-electron chi connectivity index (χ3n) is 1.34. The highest BCUT2D eigenvalue weighted by atomic mass is 16.2. The van der Waals surface area contributed by atoms with Gasteiger partial charge in [0.05, 0.1) is 5.69 Å². The van der Waals surface area contributed by atoms with Crippen LogP contribution >= 0.6 is 0 Å². The summed E-state index contributed by atoms with van der Waals surface area (Å²) in [5.74, 6) is 5.32. The van der Waals surface area contributed by atoms with Crippen LogP contribution in [0.2, 0.25) is 0 Å². The van der Waals surface area contributed by atoms with Gasteiger partial charge in [0.2, 0.25) is 0 Å². The first-order valence-corrected chi connectivity index (χ1v) is 3.27. The quantitative estimate of drug-likeness (QED) is 0.285. The maximum atomic E-state index is 10.8. The van der Waals surface area contributed by atoms with Crippen LogP contribution in [0, 0.1) is 5.53 Å². The van der Waals surface area contributed by atoms with Crippen LogP contribution in [-0.4, -0.2) is 6.03 Å². The van der Waals surface area contributed by atoms with Gasteiger partial charge in [-0.05, 0) is 12.1 Å². The van der Waals surface area contributed by atoms with Crippen molar-refractivity contribution in [1.29, 1.82) is 5.53 Å². The van der Waals surface area contributed by atoms with E-state index in [0.29, 0.717) is 5.69 Å². The summed E-state index contributed by atoms with van der Waals surface area (Å²) in [4.78, 5) is 10.8. The molecule has 0 bridgehead atoms.